The zero-order chi connectivity index (χ0) is 13.7. The highest BCUT2D eigenvalue weighted by molar-refractivity contribution is 5.03. The molecule has 2 rings (SSSR count). The van der Waals surface area contributed by atoms with Gasteiger partial charge in [0, 0.05) is 38.6 Å². The molecule has 2 aromatic heterocycles. The number of nitrogens with one attached hydrogen (secondary N) is 1. The first-order chi connectivity index (χ1) is 9.20. The fraction of sp³-hybridized carbons (Fsp3) is 0.571. The van der Waals surface area contributed by atoms with Crippen molar-refractivity contribution in [2.24, 2.45) is 5.92 Å². The number of nitrogens with zero attached hydrogens (tertiary/aromatic N) is 4. The van der Waals surface area contributed by atoms with Crippen LogP contribution in [-0.4, -0.2) is 19.6 Å². The van der Waals surface area contributed by atoms with Gasteiger partial charge in [0.2, 0.25) is 0 Å². The van der Waals surface area contributed by atoms with E-state index in [9.17, 15) is 0 Å². The molecule has 0 aliphatic rings. The molecule has 0 spiro atoms. The maximum Gasteiger partial charge on any atom is 0.0522 e. The summed E-state index contributed by atoms with van der Waals surface area (Å²) in [5.41, 5.74) is 2.45. The molecule has 0 saturated heterocycles. The zero-order valence-electron chi connectivity index (χ0n) is 12.0. The van der Waals surface area contributed by atoms with Crippen molar-refractivity contribution in [3.05, 3.63) is 35.9 Å². The monoisotopic (exact) mass is 261 g/mol. The van der Waals surface area contributed by atoms with Gasteiger partial charge in [-0.15, -0.1) is 0 Å². The molecular formula is C14H23N5. The van der Waals surface area contributed by atoms with Crippen LogP contribution in [-0.2, 0) is 26.2 Å². The van der Waals surface area contributed by atoms with Crippen LogP contribution in [0.1, 0.15) is 32.2 Å². The van der Waals surface area contributed by atoms with Gasteiger partial charge in [-0.3, -0.25) is 9.36 Å². The molecule has 19 heavy (non-hydrogen) atoms. The summed E-state index contributed by atoms with van der Waals surface area (Å²) in [7, 11) is 0. The van der Waals surface area contributed by atoms with Gasteiger partial charge in [0.1, 0.15) is 0 Å². The zero-order valence-corrected chi connectivity index (χ0v) is 12.0. The van der Waals surface area contributed by atoms with Crippen molar-refractivity contribution in [1.82, 2.24) is 24.9 Å². The van der Waals surface area contributed by atoms with E-state index < -0.39 is 0 Å². The molecule has 0 amide bonds. The van der Waals surface area contributed by atoms with Crippen molar-refractivity contribution in [2.45, 2.75) is 47.0 Å². The molecule has 2 heterocycles. The van der Waals surface area contributed by atoms with Gasteiger partial charge in [-0.1, -0.05) is 13.8 Å². The minimum Gasteiger partial charge on any atom is -0.306 e. The molecule has 104 valence electrons. The normalized spacial score (nSPS) is 11.4. The number of aryl methyl sites for hydroxylation is 1. The van der Waals surface area contributed by atoms with E-state index in [4.69, 9.17) is 0 Å². The Hall–Kier alpha value is -1.62. The SMILES string of the molecule is CCn1nccc1CNCc1ccnn1CC(C)C. The van der Waals surface area contributed by atoms with E-state index in [1.165, 1.54) is 11.4 Å². The molecule has 0 bridgehead atoms. The van der Waals surface area contributed by atoms with Crippen molar-refractivity contribution >= 4 is 0 Å². The lowest BCUT2D eigenvalue weighted by atomic mass is 10.2. The fourth-order valence-corrected chi connectivity index (χ4v) is 2.13. The predicted molar refractivity (Wildman–Crippen MR) is 75.5 cm³/mol. The van der Waals surface area contributed by atoms with Crippen LogP contribution < -0.4 is 5.32 Å². The minimum atomic E-state index is 0.611. The van der Waals surface area contributed by atoms with E-state index in [1.54, 1.807) is 0 Å². The maximum absolute atomic E-state index is 4.36. The van der Waals surface area contributed by atoms with Gasteiger partial charge in [-0.25, -0.2) is 0 Å². The maximum atomic E-state index is 4.36. The van der Waals surface area contributed by atoms with Crippen molar-refractivity contribution in [2.75, 3.05) is 0 Å². The summed E-state index contributed by atoms with van der Waals surface area (Å²) in [6, 6.07) is 4.13. The van der Waals surface area contributed by atoms with Crippen LogP contribution in [0.2, 0.25) is 0 Å². The Morgan fingerprint density at radius 3 is 2.21 bits per heavy atom. The minimum absolute atomic E-state index is 0.611. The Morgan fingerprint density at radius 2 is 1.63 bits per heavy atom. The lowest BCUT2D eigenvalue weighted by molar-refractivity contribution is 0.459. The van der Waals surface area contributed by atoms with Crippen LogP contribution >= 0.6 is 0 Å². The third-order valence-electron chi connectivity index (χ3n) is 3.06. The number of hydrogen-bond donors (Lipinski definition) is 1. The van der Waals surface area contributed by atoms with E-state index >= 15 is 0 Å². The second-order valence-electron chi connectivity index (χ2n) is 5.14. The number of aromatic nitrogens is 4. The first-order valence-corrected chi connectivity index (χ1v) is 6.92. The van der Waals surface area contributed by atoms with Crippen LogP contribution in [0.4, 0.5) is 0 Å². The van der Waals surface area contributed by atoms with Crippen molar-refractivity contribution < 1.29 is 0 Å². The van der Waals surface area contributed by atoms with Gasteiger partial charge in [0.25, 0.3) is 0 Å². The Balaban J connectivity index is 1.87. The predicted octanol–water partition coefficient (Wildman–Crippen LogP) is 2.05. The third-order valence-corrected chi connectivity index (χ3v) is 3.06. The smallest absolute Gasteiger partial charge is 0.0522 e. The van der Waals surface area contributed by atoms with Crippen molar-refractivity contribution in [3.63, 3.8) is 0 Å². The topological polar surface area (TPSA) is 47.7 Å². The molecule has 0 aromatic carbocycles. The summed E-state index contributed by atoms with van der Waals surface area (Å²) in [6.45, 7) is 10.1. The van der Waals surface area contributed by atoms with Gasteiger partial charge in [-0.05, 0) is 25.0 Å². The van der Waals surface area contributed by atoms with Crippen LogP contribution in [0.5, 0.6) is 0 Å². The Bertz CT molecular complexity index is 497. The molecule has 5 heteroatoms. The number of hydrogen-bond acceptors (Lipinski definition) is 3. The molecule has 0 unspecified atom stereocenters. The highest BCUT2D eigenvalue weighted by Gasteiger charge is 2.05. The van der Waals surface area contributed by atoms with Gasteiger partial charge in [-0.2, -0.15) is 10.2 Å². The summed E-state index contributed by atoms with van der Waals surface area (Å²) < 4.78 is 4.09. The molecule has 1 N–H and O–H groups in total. The molecule has 2 aromatic rings. The molecule has 0 aliphatic heterocycles. The standard InChI is InChI=1S/C14H23N5/c1-4-18-13(5-7-16-18)9-15-10-14-6-8-17-19(14)11-12(2)3/h5-8,12,15H,4,9-11H2,1-3H3. The van der Waals surface area contributed by atoms with E-state index in [0.29, 0.717) is 5.92 Å². The molecular weight excluding hydrogens is 238 g/mol. The Morgan fingerprint density at radius 1 is 1.05 bits per heavy atom. The quantitative estimate of drug-likeness (QED) is 0.829. The summed E-state index contributed by atoms with van der Waals surface area (Å²) in [5, 5.41) is 12.1. The highest BCUT2D eigenvalue weighted by atomic mass is 15.3. The Kier molecular flexibility index (Phi) is 4.74. The molecule has 5 nitrogen and oxygen atoms in total. The lowest BCUT2D eigenvalue weighted by Gasteiger charge is -2.11. The lowest BCUT2D eigenvalue weighted by Crippen LogP contribution is -2.19. The van der Waals surface area contributed by atoms with Gasteiger partial charge in [0.15, 0.2) is 0 Å². The Labute approximate surface area is 114 Å². The first kappa shape index (κ1) is 13.8. The van der Waals surface area contributed by atoms with Crippen molar-refractivity contribution in [1.29, 1.82) is 0 Å². The molecule has 0 radical (unpaired) electrons. The van der Waals surface area contributed by atoms with E-state index in [0.717, 1.165) is 26.2 Å². The van der Waals surface area contributed by atoms with Gasteiger partial charge in [0.05, 0.1) is 11.4 Å². The van der Waals surface area contributed by atoms with Gasteiger partial charge >= 0.3 is 0 Å². The van der Waals surface area contributed by atoms with E-state index in [2.05, 4.69) is 53.1 Å². The fourth-order valence-electron chi connectivity index (χ4n) is 2.13. The second-order valence-corrected chi connectivity index (χ2v) is 5.14. The molecule has 0 aliphatic carbocycles. The van der Waals surface area contributed by atoms with Gasteiger partial charge < -0.3 is 5.32 Å². The largest absolute Gasteiger partial charge is 0.306 e. The molecule has 0 atom stereocenters. The summed E-state index contributed by atoms with van der Waals surface area (Å²) in [6.07, 6.45) is 3.72. The van der Waals surface area contributed by atoms with E-state index in [1.807, 2.05) is 17.1 Å². The average Bonchev–Trinajstić information content (AvgIpc) is 2.98. The van der Waals surface area contributed by atoms with E-state index in [-0.39, 0.29) is 0 Å². The van der Waals surface area contributed by atoms with Crippen LogP contribution in [0, 0.1) is 5.92 Å². The second kappa shape index (κ2) is 6.52. The average molecular weight is 261 g/mol. The first-order valence-electron chi connectivity index (χ1n) is 6.92. The van der Waals surface area contributed by atoms with Crippen LogP contribution in [0.15, 0.2) is 24.5 Å². The van der Waals surface area contributed by atoms with Crippen molar-refractivity contribution in [3.8, 4) is 0 Å². The molecule has 0 fully saturated rings. The third kappa shape index (κ3) is 3.67. The highest BCUT2D eigenvalue weighted by Crippen LogP contribution is 2.04. The summed E-state index contributed by atoms with van der Waals surface area (Å²) >= 11 is 0. The van der Waals surface area contributed by atoms with Crippen LogP contribution in [0.25, 0.3) is 0 Å². The summed E-state index contributed by atoms with van der Waals surface area (Å²) in [4.78, 5) is 0. The number of rotatable bonds is 7. The molecule has 0 saturated carbocycles. The summed E-state index contributed by atoms with van der Waals surface area (Å²) in [5.74, 6) is 0.611. The van der Waals surface area contributed by atoms with Crippen LogP contribution in [0.3, 0.4) is 0 Å².